The van der Waals surface area contributed by atoms with E-state index in [-0.39, 0.29) is 21.5 Å². The van der Waals surface area contributed by atoms with Gasteiger partial charge in [0.1, 0.15) is 5.69 Å². The molecule has 0 aliphatic carbocycles. The molecule has 0 amide bonds. The lowest BCUT2D eigenvalue weighted by Gasteiger charge is -2.06. The van der Waals surface area contributed by atoms with E-state index in [1.165, 1.54) is 16.8 Å². The Morgan fingerprint density at radius 2 is 1.94 bits per heavy atom. The number of nitrogens with two attached hydrogens (primary N) is 1. The summed E-state index contributed by atoms with van der Waals surface area (Å²) < 4.78 is 2.09. The van der Waals surface area contributed by atoms with Crippen LogP contribution in [0.5, 0.6) is 0 Å². The maximum absolute atomic E-state index is 12.3. The van der Waals surface area contributed by atoms with Crippen molar-refractivity contribution in [2.45, 2.75) is 0 Å². The lowest BCUT2D eigenvalue weighted by Crippen LogP contribution is -2.09. The predicted molar refractivity (Wildman–Crippen MR) is 75.2 cm³/mol. The molecule has 0 unspecified atom stereocenters. The average Bonchev–Trinajstić information content (AvgIpc) is 2.64. The molecule has 2 rings (SSSR count). The molecule has 1 aromatic heterocycles. The summed E-state index contributed by atoms with van der Waals surface area (Å²) in [6.45, 7) is 0. The largest absolute Gasteiger partial charge is 0.396 e. The number of halogens is 3. The van der Waals surface area contributed by atoms with Gasteiger partial charge in [-0.1, -0.05) is 23.2 Å². The van der Waals surface area contributed by atoms with E-state index in [0.717, 1.165) is 0 Å². The van der Waals surface area contributed by atoms with Crippen LogP contribution in [-0.2, 0) is 7.05 Å². The number of aromatic nitrogens is 2. The fourth-order valence-electron chi connectivity index (χ4n) is 1.52. The minimum Gasteiger partial charge on any atom is -0.396 e. The molecule has 1 aromatic carbocycles. The number of anilines is 1. The first-order valence-electron chi connectivity index (χ1n) is 4.88. The van der Waals surface area contributed by atoms with E-state index in [1.807, 2.05) is 0 Å². The van der Waals surface area contributed by atoms with Gasteiger partial charge in [-0.3, -0.25) is 9.48 Å². The van der Waals surface area contributed by atoms with Gasteiger partial charge in [0.15, 0.2) is 0 Å². The molecule has 0 aliphatic rings. The molecule has 4 nitrogen and oxygen atoms in total. The second-order valence-electron chi connectivity index (χ2n) is 3.65. The summed E-state index contributed by atoms with van der Waals surface area (Å²) in [5.41, 5.74) is 6.68. The zero-order valence-corrected chi connectivity index (χ0v) is 12.3. The van der Waals surface area contributed by atoms with Crippen LogP contribution in [0.2, 0.25) is 10.0 Å². The van der Waals surface area contributed by atoms with Gasteiger partial charge in [0, 0.05) is 12.6 Å². The van der Waals surface area contributed by atoms with Crippen LogP contribution in [0, 0.1) is 0 Å². The zero-order chi connectivity index (χ0) is 13.4. The first-order valence-corrected chi connectivity index (χ1v) is 6.43. The van der Waals surface area contributed by atoms with Crippen molar-refractivity contribution in [1.29, 1.82) is 0 Å². The highest BCUT2D eigenvalue weighted by molar-refractivity contribution is 9.10. The van der Waals surface area contributed by atoms with E-state index >= 15 is 0 Å². The topological polar surface area (TPSA) is 60.9 Å². The molecule has 94 valence electrons. The Hall–Kier alpha value is -1.04. The van der Waals surface area contributed by atoms with Crippen LogP contribution in [0.15, 0.2) is 22.8 Å². The number of hydrogen-bond donors (Lipinski definition) is 1. The fourth-order valence-corrected chi connectivity index (χ4v) is 2.53. The minimum absolute atomic E-state index is 0.231. The Morgan fingerprint density at radius 1 is 1.39 bits per heavy atom. The Kier molecular flexibility index (Phi) is 3.66. The zero-order valence-electron chi connectivity index (χ0n) is 9.25. The molecule has 2 N–H and O–H groups in total. The smallest absolute Gasteiger partial charge is 0.212 e. The normalized spacial score (nSPS) is 10.7. The van der Waals surface area contributed by atoms with Crippen molar-refractivity contribution in [3.8, 4) is 0 Å². The number of ketones is 1. The molecule has 0 spiro atoms. The van der Waals surface area contributed by atoms with E-state index in [9.17, 15) is 4.79 Å². The summed E-state index contributed by atoms with van der Waals surface area (Å²) in [6.07, 6.45) is 1.55. The summed E-state index contributed by atoms with van der Waals surface area (Å²) in [6, 6.07) is 2.98. The van der Waals surface area contributed by atoms with Gasteiger partial charge in [-0.2, -0.15) is 5.10 Å². The summed E-state index contributed by atoms with van der Waals surface area (Å²) in [5.74, 6) is -0.231. The highest BCUT2D eigenvalue weighted by Crippen LogP contribution is 2.30. The quantitative estimate of drug-likeness (QED) is 0.669. The van der Waals surface area contributed by atoms with Gasteiger partial charge in [-0.15, -0.1) is 0 Å². The molecule has 0 bridgehead atoms. The SMILES string of the molecule is Cn1ncc(Br)c1C(=O)c1cc(Cl)c(N)c(Cl)c1. The van der Waals surface area contributed by atoms with Crippen LogP contribution in [0.3, 0.4) is 0 Å². The summed E-state index contributed by atoms with van der Waals surface area (Å²) in [4.78, 5) is 12.3. The molecule has 0 fully saturated rings. The van der Waals surface area contributed by atoms with Gasteiger partial charge in [0.2, 0.25) is 5.78 Å². The number of hydrogen-bond acceptors (Lipinski definition) is 3. The maximum Gasteiger partial charge on any atom is 0.212 e. The molecule has 18 heavy (non-hydrogen) atoms. The van der Waals surface area contributed by atoms with Crippen molar-refractivity contribution in [3.05, 3.63) is 44.1 Å². The fraction of sp³-hybridized carbons (Fsp3) is 0.0909. The van der Waals surface area contributed by atoms with Crippen molar-refractivity contribution in [1.82, 2.24) is 9.78 Å². The number of rotatable bonds is 2. The molecular weight excluding hydrogens is 341 g/mol. The molecule has 0 atom stereocenters. The average molecular weight is 349 g/mol. The van der Waals surface area contributed by atoms with Crippen LogP contribution < -0.4 is 5.73 Å². The number of benzene rings is 1. The van der Waals surface area contributed by atoms with E-state index in [0.29, 0.717) is 15.7 Å². The molecule has 0 saturated carbocycles. The highest BCUT2D eigenvalue weighted by atomic mass is 79.9. The first kappa shape index (κ1) is 13.4. The Labute approximate surface area is 122 Å². The van der Waals surface area contributed by atoms with Gasteiger partial charge in [-0.05, 0) is 28.1 Å². The Bertz CT molecular complexity index is 597. The van der Waals surface area contributed by atoms with Gasteiger partial charge in [-0.25, -0.2) is 0 Å². The second kappa shape index (κ2) is 4.91. The maximum atomic E-state index is 12.3. The molecular formula is C11H8BrCl2N3O. The molecule has 0 aliphatic heterocycles. The molecule has 1 heterocycles. The van der Waals surface area contributed by atoms with E-state index in [1.54, 1.807) is 13.2 Å². The third-order valence-electron chi connectivity index (χ3n) is 2.45. The third kappa shape index (κ3) is 2.25. The number of aryl methyl sites for hydroxylation is 1. The minimum atomic E-state index is -0.231. The summed E-state index contributed by atoms with van der Waals surface area (Å²) in [5, 5.41) is 4.49. The van der Waals surface area contributed by atoms with E-state index < -0.39 is 0 Å². The van der Waals surface area contributed by atoms with Crippen LogP contribution in [-0.4, -0.2) is 15.6 Å². The van der Waals surface area contributed by atoms with Crippen molar-refractivity contribution >= 4 is 50.6 Å². The van der Waals surface area contributed by atoms with Gasteiger partial charge in [0.05, 0.1) is 26.4 Å². The van der Waals surface area contributed by atoms with Crippen molar-refractivity contribution in [2.75, 3.05) is 5.73 Å². The van der Waals surface area contributed by atoms with Crippen molar-refractivity contribution in [3.63, 3.8) is 0 Å². The van der Waals surface area contributed by atoms with Crippen LogP contribution in [0.1, 0.15) is 16.1 Å². The van der Waals surface area contributed by atoms with Gasteiger partial charge >= 0.3 is 0 Å². The van der Waals surface area contributed by atoms with Crippen LogP contribution in [0.25, 0.3) is 0 Å². The first-order chi connectivity index (χ1) is 8.41. The summed E-state index contributed by atoms with van der Waals surface area (Å²) >= 11 is 15.1. The number of nitrogen functional groups attached to an aromatic ring is 1. The number of carbonyl (C=O) groups excluding carboxylic acids is 1. The Morgan fingerprint density at radius 3 is 2.39 bits per heavy atom. The van der Waals surface area contributed by atoms with Crippen molar-refractivity contribution < 1.29 is 4.79 Å². The molecule has 2 aromatic rings. The standard InChI is InChI=1S/C11H8BrCl2N3O/c1-17-10(6(12)4-16-17)11(18)5-2-7(13)9(15)8(14)3-5/h2-4H,15H2,1H3. The predicted octanol–water partition coefficient (Wildman–Crippen LogP) is 3.30. The van der Waals surface area contributed by atoms with Crippen LogP contribution in [0.4, 0.5) is 5.69 Å². The van der Waals surface area contributed by atoms with E-state index in [4.69, 9.17) is 28.9 Å². The van der Waals surface area contributed by atoms with Crippen LogP contribution >= 0.6 is 39.1 Å². The highest BCUT2D eigenvalue weighted by Gasteiger charge is 2.19. The molecule has 0 radical (unpaired) electrons. The van der Waals surface area contributed by atoms with Gasteiger partial charge < -0.3 is 5.73 Å². The molecule has 0 saturated heterocycles. The lowest BCUT2D eigenvalue weighted by atomic mass is 10.1. The Balaban J connectivity index is 2.54. The number of carbonyl (C=O) groups is 1. The lowest BCUT2D eigenvalue weighted by molar-refractivity contribution is 0.102. The summed E-state index contributed by atoms with van der Waals surface area (Å²) in [7, 11) is 1.68. The van der Waals surface area contributed by atoms with E-state index in [2.05, 4.69) is 21.0 Å². The number of nitrogens with zero attached hydrogens (tertiary/aromatic N) is 2. The van der Waals surface area contributed by atoms with Gasteiger partial charge in [0.25, 0.3) is 0 Å². The van der Waals surface area contributed by atoms with Crippen molar-refractivity contribution in [2.24, 2.45) is 7.05 Å². The monoisotopic (exact) mass is 347 g/mol. The second-order valence-corrected chi connectivity index (χ2v) is 5.32. The third-order valence-corrected chi connectivity index (χ3v) is 3.66. The molecule has 7 heteroatoms.